The van der Waals surface area contributed by atoms with E-state index in [9.17, 15) is 9.59 Å². The molecule has 0 saturated heterocycles. The van der Waals surface area contributed by atoms with Crippen LogP contribution in [0.5, 0.6) is 5.75 Å². The van der Waals surface area contributed by atoms with E-state index in [2.05, 4.69) is 5.32 Å². The first kappa shape index (κ1) is 20.1. The lowest BCUT2D eigenvalue weighted by molar-refractivity contribution is -0.153. The molecule has 1 atom stereocenters. The van der Waals surface area contributed by atoms with E-state index >= 15 is 0 Å². The lowest BCUT2D eigenvalue weighted by Gasteiger charge is -2.15. The zero-order chi connectivity index (χ0) is 19.1. The maximum Gasteiger partial charge on any atom is 0.306 e. The van der Waals surface area contributed by atoms with Gasteiger partial charge in [0.2, 0.25) is 0 Å². The van der Waals surface area contributed by atoms with Gasteiger partial charge in [0.1, 0.15) is 5.75 Å². The van der Waals surface area contributed by atoms with Gasteiger partial charge in [-0.2, -0.15) is 0 Å². The van der Waals surface area contributed by atoms with E-state index in [4.69, 9.17) is 32.7 Å². The molecule has 0 bridgehead atoms. The summed E-state index contributed by atoms with van der Waals surface area (Å²) in [5, 5.41) is 3.15. The Hall–Kier alpha value is -2.24. The maximum atomic E-state index is 12.2. The number of rotatable bonds is 7. The molecule has 0 spiro atoms. The lowest BCUT2D eigenvalue weighted by atomic mass is 10.1. The van der Waals surface area contributed by atoms with E-state index in [-0.39, 0.29) is 11.4 Å². The summed E-state index contributed by atoms with van der Waals surface area (Å²) < 4.78 is 10.4. The Kier molecular flexibility index (Phi) is 7.30. The topological polar surface area (TPSA) is 64.6 Å². The number of esters is 1. The van der Waals surface area contributed by atoms with Crippen molar-refractivity contribution in [1.29, 1.82) is 0 Å². The van der Waals surface area contributed by atoms with Crippen LogP contribution in [-0.2, 0) is 20.7 Å². The molecule has 2 aromatic rings. The number of benzene rings is 2. The Morgan fingerprint density at radius 3 is 2.58 bits per heavy atom. The molecular weight excluding hydrogens is 377 g/mol. The summed E-state index contributed by atoms with van der Waals surface area (Å²) in [6.45, 7) is 1.49. The molecule has 5 nitrogen and oxygen atoms in total. The zero-order valence-electron chi connectivity index (χ0n) is 14.4. The molecule has 0 aromatic heterocycles. The molecule has 7 heteroatoms. The van der Waals surface area contributed by atoms with Crippen LogP contribution in [0.15, 0.2) is 42.5 Å². The van der Waals surface area contributed by atoms with Gasteiger partial charge < -0.3 is 14.8 Å². The van der Waals surface area contributed by atoms with Crippen LogP contribution in [0.3, 0.4) is 0 Å². The van der Waals surface area contributed by atoms with Gasteiger partial charge in [0.25, 0.3) is 5.91 Å². The fraction of sp³-hybridized carbons (Fsp3) is 0.263. The third kappa shape index (κ3) is 5.38. The molecule has 1 N–H and O–H groups in total. The van der Waals surface area contributed by atoms with Crippen LogP contribution in [0.2, 0.25) is 10.0 Å². The molecule has 0 aliphatic heterocycles. The highest BCUT2D eigenvalue weighted by atomic mass is 35.5. The fourth-order valence-electron chi connectivity index (χ4n) is 2.29. The van der Waals surface area contributed by atoms with Crippen molar-refractivity contribution in [3.05, 3.63) is 58.1 Å². The first-order valence-corrected chi connectivity index (χ1v) is 8.74. The standard InChI is InChI=1S/C19H19Cl2NO4/c1-12(19(24)22-15-8-5-7-14(20)18(15)21)26-17(23)11-10-13-6-3-4-9-16(13)25-2/h3-9,12H,10-11H2,1-2H3,(H,22,24). The number of para-hydroxylation sites is 1. The minimum Gasteiger partial charge on any atom is -0.496 e. The zero-order valence-corrected chi connectivity index (χ0v) is 15.9. The van der Waals surface area contributed by atoms with Gasteiger partial charge in [-0.3, -0.25) is 9.59 Å². The van der Waals surface area contributed by atoms with Gasteiger partial charge in [0, 0.05) is 6.42 Å². The molecule has 0 aliphatic rings. The van der Waals surface area contributed by atoms with Gasteiger partial charge in [0.15, 0.2) is 6.10 Å². The van der Waals surface area contributed by atoms with E-state index in [1.807, 2.05) is 24.3 Å². The van der Waals surface area contributed by atoms with Gasteiger partial charge in [-0.15, -0.1) is 0 Å². The summed E-state index contributed by atoms with van der Waals surface area (Å²) >= 11 is 11.9. The molecule has 138 valence electrons. The van der Waals surface area contributed by atoms with Crippen molar-refractivity contribution in [3.63, 3.8) is 0 Å². The Bertz CT molecular complexity index is 795. The number of halogens is 2. The van der Waals surface area contributed by atoms with Gasteiger partial charge in [-0.25, -0.2) is 0 Å². The van der Waals surface area contributed by atoms with Crippen molar-refractivity contribution < 1.29 is 19.1 Å². The number of carbonyl (C=O) groups is 2. The van der Waals surface area contributed by atoms with Crippen LogP contribution in [0.4, 0.5) is 5.69 Å². The number of ether oxygens (including phenoxy) is 2. The summed E-state index contributed by atoms with van der Waals surface area (Å²) in [6, 6.07) is 12.3. The molecule has 1 unspecified atom stereocenters. The number of nitrogens with one attached hydrogen (secondary N) is 1. The molecule has 0 heterocycles. The second-order valence-corrected chi connectivity index (χ2v) is 6.32. The number of methoxy groups -OCH3 is 1. The molecule has 2 aromatic carbocycles. The first-order chi connectivity index (χ1) is 12.4. The summed E-state index contributed by atoms with van der Waals surface area (Å²) in [5.41, 5.74) is 1.26. The fourth-order valence-corrected chi connectivity index (χ4v) is 2.64. The van der Waals surface area contributed by atoms with E-state index in [1.54, 1.807) is 25.3 Å². The van der Waals surface area contributed by atoms with Crippen molar-refractivity contribution in [2.45, 2.75) is 25.9 Å². The van der Waals surface area contributed by atoms with Gasteiger partial charge in [-0.05, 0) is 37.1 Å². The van der Waals surface area contributed by atoms with Crippen molar-refractivity contribution in [2.24, 2.45) is 0 Å². The Balaban J connectivity index is 1.88. The number of amides is 1. The van der Waals surface area contributed by atoms with Crippen LogP contribution in [0.1, 0.15) is 18.9 Å². The number of aryl methyl sites for hydroxylation is 1. The highest BCUT2D eigenvalue weighted by Gasteiger charge is 2.19. The minimum atomic E-state index is -0.963. The molecule has 2 rings (SSSR count). The third-order valence-electron chi connectivity index (χ3n) is 3.68. The average Bonchev–Trinajstić information content (AvgIpc) is 2.63. The molecular formula is C19H19Cl2NO4. The van der Waals surface area contributed by atoms with Crippen molar-refractivity contribution in [2.75, 3.05) is 12.4 Å². The van der Waals surface area contributed by atoms with E-state index in [0.717, 1.165) is 5.56 Å². The van der Waals surface area contributed by atoms with Crippen molar-refractivity contribution in [3.8, 4) is 5.75 Å². The van der Waals surface area contributed by atoms with Gasteiger partial charge in [0.05, 0.1) is 22.8 Å². The molecule has 0 aliphatic carbocycles. The summed E-state index contributed by atoms with van der Waals surface area (Å²) in [5.74, 6) is -0.253. The van der Waals surface area contributed by atoms with Crippen molar-refractivity contribution >= 4 is 40.8 Å². The summed E-state index contributed by atoms with van der Waals surface area (Å²) in [7, 11) is 1.57. The molecule has 1 amide bonds. The smallest absolute Gasteiger partial charge is 0.306 e. The monoisotopic (exact) mass is 395 g/mol. The van der Waals surface area contributed by atoms with Gasteiger partial charge >= 0.3 is 5.97 Å². The number of hydrogen-bond acceptors (Lipinski definition) is 4. The van der Waals surface area contributed by atoms with Gasteiger partial charge in [-0.1, -0.05) is 47.5 Å². The molecule has 26 heavy (non-hydrogen) atoms. The largest absolute Gasteiger partial charge is 0.496 e. The predicted molar refractivity (Wildman–Crippen MR) is 102 cm³/mol. The minimum absolute atomic E-state index is 0.135. The van der Waals surface area contributed by atoms with E-state index < -0.39 is 18.0 Å². The number of hydrogen-bond donors (Lipinski definition) is 1. The highest BCUT2D eigenvalue weighted by molar-refractivity contribution is 6.44. The average molecular weight is 396 g/mol. The number of anilines is 1. The van der Waals surface area contributed by atoms with Crippen LogP contribution >= 0.6 is 23.2 Å². The van der Waals surface area contributed by atoms with Crippen LogP contribution in [0, 0.1) is 0 Å². The van der Waals surface area contributed by atoms with Crippen molar-refractivity contribution in [1.82, 2.24) is 0 Å². The van der Waals surface area contributed by atoms with Crippen LogP contribution in [0.25, 0.3) is 0 Å². The Morgan fingerprint density at radius 1 is 1.12 bits per heavy atom. The normalized spacial score (nSPS) is 11.5. The van der Waals surface area contributed by atoms with E-state index in [0.29, 0.717) is 22.9 Å². The first-order valence-electron chi connectivity index (χ1n) is 7.98. The molecule has 0 radical (unpaired) electrons. The summed E-state index contributed by atoms with van der Waals surface area (Å²) in [4.78, 5) is 24.2. The highest BCUT2D eigenvalue weighted by Crippen LogP contribution is 2.29. The molecule has 0 fully saturated rings. The third-order valence-corrected chi connectivity index (χ3v) is 4.50. The summed E-state index contributed by atoms with van der Waals surface area (Å²) in [6.07, 6.45) is -0.372. The SMILES string of the molecule is COc1ccccc1CCC(=O)OC(C)C(=O)Nc1cccc(Cl)c1Cl. The van der Waals surface area contributed by atoms with Crippen LogP contribution < -0.4 is 10.1 Å². The lowest BCUT2D eigenvalue weighted by Crippen LogP contribution is -2.30. The van der Waals surface area contributed by atoms with E-state index in [1.165, 1.54) is 6.92 Å². The maximum absolute atomic E-state index is 12.2. The number of carbonyl (C=O) groups excluding carboxylic acids is 2. The second-order valence-electron chi connectivity index (χ2n) is 5.53. The van der Waals surface area contributed by atoms with Crippen LogP contribution in [-0.4, -0.2) is 25.1 Å². The molecule has 0 saturated carbocycles. The Morgan fingerprint density at radius 2 is 1.85 bits per heavy atom. The quantitative estimate of drug-likeness (QED) is 0.700. The predicted octanol–water partition coefficient (Wildman–Crippen LogP) is 4.51. The Labute approximate surface area is 162 Å². The second kappa shape index (κ2) is 9.46.